The minimum Gasteiger partial charge on any atom is -0.316 e. The summed E-state index contributed by atoms with van der Waals surface area (Å²) in [5, 5.41) is 3.72. The van der Waals surface area contributed by atoms with E-state index in [-0.39, 0.29) is 0 Å². The first kappa shape index (κ1) is 10.2. The van der Waals surface area contributed by atoms with Crippen molar-refractivity contribution in [2.75, 3.05) is 18.8 Å². The third kappa shape index (κ3) is 2.83. The average molecular weight is 230 g/mol. The zero-order valence-electron chi connectivity index (χ0n) is 7.74. The van der Waals surface area contributed by atoms with E-state index in [1.165, 1.54) is 18.8 Å². The Morgan fingerprint density at radius 2 is 2.29 bits per heavy atom. The first-order valence-corrected chi connectivity index (χ1v) is 6.13. The molecule has 5 heteroatoms. The molecule has 0 aliphatic carbocycles. The van der Waals surface area contributed by atoms with Crippen LogP contribution in [-0.4, -0.2) is 28.8 Å². The van der Waals surface area contributed by atoms with Crippen LogP contribution in [0.2, 0.25) is 5.15 Å². The Bertz CT molecular complexity index is 287. The third-order valence-corrected chi connectivity index (χ3v) is 3.55. The molecule has 1 aliphatic heterocycles. The maximum Gasteiger partial charge on any atom is 0.147 e. The summed E-state index contributed by atoms with van der Waals surface area (Å²) >= 11 is 7.55. The lowest BCUT2D eigenvalue weighted by Gasteiger charge is -2.26. The zero-order valence-corrected chi connectivity index (χ0v) is 9.31. The summed E-state index contributed by atoms with van der Waals surface area (Å²) < 4.78 is 0. The van der Waals surface area contributed by atoms with Crippen LogP contribution < -0.4 is 5.32 Å². The standard InChI is InChI=1S/C9H12ClN3S/c10-9-4-12-8(3-13-9)6-14-5-7-1-11-2-7/h3-4,7,11H,1-2,5-6H2. The van der Waals surface area contributed by atoms with Crippen LogP contribution in [0, 0.1) is 5.92 Å². The molecule has 76 valence electrons. The molecule has 0 saturated carbocycles. The van der Waals surface area contributed by atoms with Gasteiger partial charge in [0.2, 0.25) is 0 Å². The van der Waals surface area contributed by atoms with Crippen molar-refractivity contribution >= 4 is 23.4 Å². The smallest absolute Gasteiger partial charge is 0.147 e. The second-order valence-corrected chi connectivity index (χ2v) is 4.79. The summed E-state index contributed by atoms with van der Waals surface area (Å²) in [7, 11) is 0. The van der Waals surface area contributed by atoms with Crippen molar-refractivity contribution in [2.45, 2.75) is 5.75 Å². The fourth-order valence-corrected chi connectivity index (χ4v) is 2.35. The van der Waals surface area contributed by atoms with Gasteiger partial charge in [-0.15, -0.1) is 0 Å². The Labute approximate surface area is 92.7 Å². The van der Waals surface area contributed by atoms with Crippen LogP contribution in [-0.2, 0) is 5.75 Å². The lowest BCUT2D eigenvalue weighted by Crippen LogP contribution is -2.43. The molecule has 0 bridgehead atoms. The van der Waals surface area contributed by atoms with Crippen LogP contribution in [0.5, 0.6) is 0 Å². The monoisotopic (exact) mass is 229 g/mol. The summed E-state index contributed by atoms with van der Waals surface area (Å²) in [5.74, 6) is 2.98. The molecule has 0 radical (unpaired) electrons. The molecule has 1 aromatic heterocycles. The molecule has 1 saturated heterocycles. The van der Waals surface area contributed by atoms with Gasteiger partial charge in [-0.3, -0.25) is 4.98 Å². The van der Waals surface area contributed by atoms with Gasteiger partial charge in [0.15, 0.2) is 0 Å². The quantitative estimate of drug-likeness (QED) is 0.851. The SMILES string of the molecule is Clc1cnc(CSCC2CNC2)cn1. The predicted octanol–water partition coefficient (Wildman–Crippen LogP) is 1.58. The van der Waals surface area contributed by atoms with Crippen LogP contribution in [0.3, 0.4) is 0 Å². The maximum atomic E-state index is 5.64. The average Bonchev–Trinajstić information content (AvgIpc) is 2.12. The van der Waals surface area contributed by atoms with Crippen molar-refractivity contribution in [3.05, 3.63) is 23.2 Å². The van der Waals surface area contributed by atoms with Gasteiger partial charge in [0.25, 0.3) is 0 Å². The Balaban J connectivity index is 1.71. The maximum absolute atomic E-state index is 5.64. The highest BCUT2D eigenvalue weighted by molar-refractivity contribution is 7.98. The van der Waals surface area contributed by atoms with Crippen molar-refractivity contribution < 1.29 is 0 Å². The highest BCUT2D eigenvalue weighted by atomic mass is 35.5. The number of halogens is 1. The molecule has 3 nitrogen and oxygen atoms in total. The molecule has 2 rings (SSSR count). The molecule has 0 spiro atoms. The van der Waals surface area contributed by atoms with E-state index in [4.69, 9.17) is 11.6 Å². The summed E-state index contributed by atoms with van der Waals surface area (Å²) in [6.07, 6.45) is 3.34. The fraction of sp³-hybridized carbons (Fsp3) is 0.556. The molecule has 1 fully saturated rings. The van der Waals surface area contributed by atoms with Crippen LogP contribution in [0.15, 0.2) is 12.4 Å². The molecular weight excluding hydrogens is 218 g/mol. The number of aromatic nitrogens is 2. The van der Waals surface area contributed by atoms with Gasteiger partial charge in [0, 0.05) is 5.75 Å². The Hall–Kier alpha value is -0.320. The molecule has 0 aromatic carbocycles. The molecular formula is C9H12ClN3S. The van der Waals surface area contributed by atoms with E-state index in [9.17, 15) is 0 Å². The van der Waals surface area contributed by atoms with Crippen LogP contribution in [0.25, 0.3) is 0 Å². The molecule has 0 unspecified atom stereocenters. The minimum atomic E-state index is 0.460. The number of nitrogens with zero attached hydrogens (tertiary/aromatic N) is 2. The van der Waals surface area contributed by atoms with Gasteiger partial charge in [-0.05, 0) is 24.8 Å². The largest absolute Gasteiger partial charge is 0.316 e. The van der Waals surface area contributed by atoms with E-state index in [2.05, 4.69) is 15.3 Å². The van der Waals surface area contributed by atoms with E-state index in [1.54, 1.807) is 12.4 Å². The molecule has 0 amide bonds. The normalized spacial score (nSPS) is 16.6. The second-order valence-electron chi connectivity index (χ2n) is 3.37. The number of hydrogen-bond acceptors (Lipinski definition) is 4. The van der Waals surface area contributed by atoms with Gasteiger partial charge >= 0.3 is 0 Å². The lowest BCUT2D eigenvalue weighted by atomic mass is 10.1. The van der Waals surface area contributed by atoms with Gasteiger partial charge in [-0.2, -0.15) is 11.8 Å². The third-order valence-electron chi connectivity index (χ3n) is 2.14. The van der Waals surface area contributed by atoms with Crippen LogP contribution in [0.4, 0.5) is 0 Å². The van der Waals surface area contributed by atoms with E-state index in [0.717, 1.165) is 17.4 Å². The van der Waals surface area contributed by atoms with Crippen LogP contribution >= 0.6 is 23.4 Å². The predicted molar refractivity (Wildman–Crippen MR) is 59.6 cm³/mol. The molecule has 0 atom stereocenters. The molecule has 2 heterocycles. The molecule has 1 aromatic rings. The van der Waals surface area contributed by atoms with E-state index in [1.807, 2.05) is 11.8 Å². The zero-order chi connectivity index (χ0) is 9.80. The summed E-state index contributed by atoms with van der Waals surface area (Å²) in [6.45, 7) is 2.33. The number of rotatable bonds is 4. The highest BCUT2D eigenvalue weighted by Crippen LogP contribution is 2.16. The Morgan fingerprint density at radius 1 is 1.43 bits per heavy atom. The summed E-state index contributed by atoms with van der Waals surface area (Å²) in [4.78, 5) is 8.18. The topological polar surface area (TPSA) is 37.8 Å². The summed E-state index contributed by atoms with van der Waals surface area (Å²) in [6, 6.07) is 0. The number of hydrogen-bond donors (Lipinski definition) is 1. The lowest BCUT2D eigenvalue weighted by molar-refractivity contribution is 0.385. The van der Waals surface area contributed by atoms with Crippen LogP contribution in [0.1, 0.15) is 5.69 Å². The first-order valence-electron chi connectivity index (χ1n) is 4.59. The number of nitrogens with one attached hydrogen (secondary N) is 1. The Morgan fingerprint density at radius 3 is 2.86 bits per heavy atom. The van der Waals surface area contributed by atoms with Gasteiger partial charge in [0.05, 0.1) is 18.1 Å². The Kier molecular flexibility index (Phi) is 3.61. The minimum absolute atomic E-state index is 0.460. The van der Waals surface area contributed by atoms with Crippen molar-refractivity contribution in [1.29, 1.82) is 0 Å². The van der Waals surface area contributed by atoms with E-state index >= 15 is 0 Å². The molecule has 1 N–H and O–H groups in total. The molecule has 1 aliphatic rings. The highest BCUT2D eigenvalue weighted by Gasteiger charge is 2.15. The molecule has 14 heavy (non-hydrogen) atoms. The summed E-state index contributed by atoms with van der Waals surface area (Å²) in [5.41, 5.74) is 1.01. The van der Waals surface area contributed by atoms with Crippen molar-refractivity contribution in [3.63, 3.8) is 0 Å². The number of thioether (sulfide) groups is 1. The van der Waals surface area contributed by atoms with Gasteiger partial charge in [0.1, 0.15) is 5.15 Å². The second kappa shape index (κ2) is 4.96. The van der Waals surface area contributed by atoms with Crippen molar-refractivity contribution in [3.8, 4) is 0 Å². The van der Waals surface area contributed by atoms with Crippen molar-refractivity contribution in [2.24, 2.45) is 5.92 Å². The van der Waals surface area contributed by atoms with Gasteiger partial charge in [-0.25, -0.2) is 4.98 Å². The first-order chi connectivity index (χ1) is 6.84. The van der Waals surface area contributed by atoms with Gasteiger partial charge in [-0.1, -0.05) is 11.6 Å². The fourth-order valence-electron chi connectivity index (χ4n) is 1.21. The van der Waals surface area contributed by atoms with E-state index < -0.39 is 0 Å². The van der Waals surface area contributed by atoms with Gasteiger partial charge < -0.3 is 5.32 Å². The van der Waals surface area contributed by atoms with E-state index in [0.29, 0.717) is 5.15 Å². The van der Waals surface area contributed by atoms with Crippen molar-refractivity contribution in [1.82, 2.24) is 15.3 Å².